The Labute approximate surface area is 161 Å². The highest BCUT2D eigenvalue weighted by Gasteiger charge is 2.26. The van der Waals surface area contributed by atoms with Gasteiger partial charge in [0.25, 0.3) is 5.91 Å². The SMILES string of the molecule is COC(=O)c1c(NC(=O)COc2ccc(C(C)=O)cc2)sc2c1CCCC2. The first-order chi connectivity index (χ1) is 13.0. The molecule has 1 N–H and O–H groups in total. The minimum absolute atomic E-state index is 0.0312. The van der Waals surface area contributed by atoms with Crippen molar-refractivity contribution in [1.29, 1.82) is 0 Å². The quantitative estimate of drug-likeness (QED) is 0.605. The van der Waals surface area contributed by atoms with Gasteiger partial charge in [0.2, 0.25) is 0 Å². The van der Waals surface area contributed by atoms with E-state index in [0.717, 1.165) is 36.1 Å². The molecule has 1 heterocycles. The number of benzene rings is 1. The van der Waals surface area contributed by atoms with E-state index in [1.165, 1.54) is 25.4 Å². The molecule has 3 rings (SSSR count). The summed E-state index contributed by atoms with van der Waals surface area (Å²) in [5.41, 5.74) is 2.05. The molecule has 0 bridgehead atoms. The normalized spacial score (nSPS) is 12.8. The summed E-state index contributed by atoms with van der Waals surface area (Å²) in [6.45, 7) is 1.30. The fourth-order valence-corrected chi connectivity index (χ4v) is 4.36. The third-order valence-corrected chi connectivity index (χ3v) is 5.65. The monoisotopic (exact) mass is 387 g/mol. The lowest BCUT2D eigenvalue weighted by atomic mass is 9.95. The maximum absolute atomic E-state index is 12.3. The first-order valence-electron chi connectivity index (χ1n) is 8.76. The Morgan fingerprint density at radius 2 is 1.81 bits per heavy atom. The van der Waals surface area contributed by atoms with Crippen molar-refractivity contribution in [3.63, 3.8) is 0 Å². The van der Waals surface area contributed by atoms with Gasteiger partial charge in [-0.25, -0.2) is 4.79 Å². The minimum Gasteiger partial charge on any atom is -0.484 e. The number of carbonyl (C=O) groups excluding carboxylic acids is 3. The van der Waals surface area contributed by atoms with Crippen LogP contribution >= 0.6 is 11.3 Å². The molecule has 27 heavy (non-hydrogen) atoms. The highest BCUT2D eigenvalue weighted by Crippen LogP contribution is 2.38. The van der Waals surface area contributed by atoms with Crippen LogP contribution in [0.15, 0.2) is 24.3 Å². The number of methoxy groups -OCH3 is 1. The lowest BCUT2D eigenvalue weighted by Crippen LogP contribution is -2.21. The molecule has 0 atom stereocenters. The number of esters is 1. The number of carbonyl (C=O) groups is 3. The number of aryl methyl sites for hydroxylation is 1. The Morgan fingerprint density at radius 3 is 2.48 bits per heavy atom. The van der Waals surface area contributed by atoms with Gasteiger partial charge in [0.1, 0.15) is 10.8 Å². The lowest BCUT2D eigenvalue weighted by Gasteiger charge is -2.12. The van der Waals surface area contributed by atoms with E-state index >= 15 is 0 Å². The summed E-state index contributed by atoms with van der Waals surface area (Å²) in [6.07, 6.45) is 3.85. The van der Waals surface area contributed by atoms with E-state index < -0.39 is 5.97 Å². The fourth-order valence-electron chi connectivity index (χ4n) is 3.07. The van der Waals surface area contributed by atoms with Crippen LogP contribution in [0.1, 0.15) is 50.9 Å². The number of Topliss-reactive ketones (excluding diaryl/α,β-unsaturated/α-hetero) is 1. The van der Waals surface area contributed by atoms with Crippen molar-refractivity contribution in [3.8, 4) is 5.75 Å². The molecular formula is C20H21NO5S. The molecule has 7 heteroatoms. The van der Waals surface area contributed by atoms with Crippen molar-refractivity contribution in [1.82, 2.24) is 0 Å². The molecule has 1 aliphatic carbocycles. The second-order valence-corrected chi connectivity index (χ2v) is 7.43. The van der Waals surface area contributed by atoms with E-state index in [9.17, 15) is 14.4 Å². The zero-order chi connectivity index (χ0) is 19.4. The number of ether oxygens (including phenoxy) is 2. The van der Waals surface area contributed by atoms with Crippen molar-refractivity contribution in [2.24, 2.45) is 0 Å². The van der Waals surface area contributed by atoms with Crippen LogP contribution in [0.4, 0.5) is 5.00 Å². The van der Waals surface area contributed by atoms with E-state index in [-0.39, 0.29) is 18.3 Å². The second-order valence-electron chi connectivity index (χ2n) is 6.32. The summed E-state index contributed by atoms with van der Waals surface area (Å²) in [5.74, 6) is -0.315. The Morgan fingerprint density at radius 1 is 1.11 bits per heavy atom. The summed E-state index contributed by atoms with van der Waals surface area (Å²) in [6, 6.07) is 6.60. The number of thiophene rings is 1. The highest BCUT2D eigenvalue weighted by atomic mass is 32.1. The predicted octanol–water partition coefficient (Wildman–Crippen LogP) is 3.63. The topological polar surface area (TPSA) is 81.7 Å². The molecule has 0 radical (unpaired) electrons. The molecule has 0 saturated heterocycles. The maximum atomic E-state index is 12.3. The van der Waals surface area contributed by atoms with Crippen LogP contribution in [0, 0.1) is 0 Å². The molecule has 0 saturated carbocycles. The Hall–Kier alpha value is -2.67. The third kappa shape index (κ3) is 4.36. The number of hydrogen-bond donors (Lipinski definition) is 1. The second kappa shape index (κ2) is 8.35. The predicted molar refractivity (Wildman–Crippen MR) is 103 cm³/mol. The third-order valence-electron chi connectivity index (χ3n) is 4.44. The van der Waals surface area contributed by atoms with E-state index in [0.29, 0.717) is 21.9 Å². The number of rotatable bonds is 6. The number of amides is 1. The molecule has 0 spiro atoms. The van der Waals surface area contributed by atoms with Gasteiger partial charge in [0.15, 0.2) is 12.4 Å². The van der Waals surface area contributed by atoms with Gasteiger partial charge in [-0.2, -0.15) is 0 Å². The van der Waals surface area contributed by atoms with Crippen LogP contribution in [0.3, 0.4) is 0 Å². The molecule has 0 aliphatic heterocycles. The van der Waals surface area contributed by atoms with E-state index in [4.69, 9.17) is 9.47 Å². The minimum atomic E-state index is -0.426. The van der Waals surface area contributed by atoms with Crippen LogP contribution in [-0.2, 0) is 22.4 Å². The summed E-state index contributed by atoms with van der Waals surface area (Å²) in [4.78, 5) is 36.9. The molecule has 2 aromatic rings. The van der Waals surface area contributed by atoms with Gasteiger partial charge in [0, 0.05) is 10.4 Å². The summed E-state index contributed by atoms with van der Waals surface area (Å²) < 4.78 is 10.4. The fraction of sp³-hybridized carbons (Fsp3) is 0.350. The van der Waals surface area contributed by atoms with Crippen LogP contribution in [0.25, 0.3) is 0 Å². The average Bonchev–Trinajstić information content (AvgIpc) is 3.03. The summed E-state index contributed by atoms with van der Waals surface area (Å²) in [5, 5.41) is 3.30. The molecule has 1 amide bonds. The standard InChI is InChI=1S/C20H21NO5S/c1-12(22)13-7-9-14(10-8-13)26-11-17(23)21-19-18(20(24)25-2)15-5-3-4-6-16(15)27-19/h7-10H,3-6,11H2,1-2H3,(H,21,23). The molecule has 142 valence electrons. The zero-order valence-corrected chi connectivity index (χ0v) is 16.1. The highest BCUT2D eigenvalue weighted by molar-refractivity contribution is 7.17. The Balaban J connectivity index is 1.68. The smallest absolute Gasteiger partial charge is 0.341 e. The van der Waals surface area contributed by atoms with Gasteiger partial charge >= 0.3 is 5.97 Å². The number of anilines is 1. The van der Waals surface area contributed by atoms with Crippen molar-refractivity contribution >= 4 is 34.0 Å². The van der Waals surface area contributed by atoms with E-state index in [1.807, 2.05) is 0 Å². The molecule has 1 aliphatic rings. The van der Waals surface area contributed by atoms with Gasteiger partial charge in [-0.1, -0.05) is 0 Å². The largest absolute Gasteiger partial charge is 0.484 e. The van der Waals surface area contributed by atoms with E-state index in [2.05, 4.69) is 5.32 Å². The van der Waals surface area contributed by atoms with Crippen molar-refractivity contribution < 1.29 is 23.9 Å². The lowest BCUT2D eigenvalue weighted by molar-refractivity contribution is -0.118. The molecular weight excluding hydrogens is 366 g/mol. The van der Waals surface area contributed by atoms with E-state index in [1.54, 1.807) is 24.3 Å². The summed E-state index contributed by atoms with van der Waals surface area (Å²) in [7, 11) is 1.34. The first kappa shape index (κ1) is 19.1. The molecule has 0 unspecified atom stereocenters. The zero-order valence-electron chi connectivity index (χ0n) is 15.3. The van der Waals surface area contributed by atoms with Crippen LogP contribution < -0.4 is 10.1 Å². The van der Waals surface area contributed by atoms with Crippen molar-refractivity contribution in [3.05, 3.63) is 45.8 Å². The molecule has 0 fully saturated rings. The van der Waals surface area contributed by atoms with Crippen molar-refractivity contribution in [2.75, 3.05) is 19.0 Å². The van der Waals surface area contributed by atoms with Crippen LogP contribution in [-0.4, -0.2) is 31.4 Å². The van der Waals surface area contributed by atoms with Gasteiger partial charge < -0.3 is 14.8 Å². The van der Waals surface area contributed by atoms with Crippen molar-refractivity contribution in [2.45, 2.75) is 32.6 Å². The Bertz CT molecular complexity index is 869. The number of fused-ring (bicyclic) bond motifs is 1. The summed E-state index contributed by atoms with van der Waals surface area (Å²) >= 11 is 1.43. The first-order valence-corrected chi connectivity index (χ1v) is 9.57. The number of ketones is 1. The van der Waals surface area contributed by atoms with Gasteiger partial charge in [0.05, 0.1) is 12.7 Å². The van der Waals surface area contributed by atoms with Gasteiger partial charge in [-0.15, -0.1) is 11.3 Å². The van der Waals surface area contributed by atoms with Crippen LogP contribution in [0.2, 0.25) is 0 Å². The molecule has 6 nitrogen and oxygen atoms in total. The molecule has 1 aromatic carbocycles. The van der Waals surface area contributed by atoms with Crippen LogP contribution in [0.5, 0.6) is 5.75 Å². The molecule has 1 aromatic heterocycles. The number of nitrogens with one attached hydrogen (secondary N) is 1. The Kier molecular flexibility index (Phi) is 5.91. The maximum Gasteiger partial charge on any atom is 0.341 e. The van der Waals surface area contributed by atoms with Gasteiger partial charge in [-0.3, -0.25) is 9.59 Å². The number of hydrogen-bond acceptors (Lipinski definition) is 6. The van der Waals surface area contributed by atoms with Gasteiger partial charge in [-0.05, 0) is 62.4 Å². The average molecular weight is 387 g/mol.